The van der Waals surface area contributed by atoms with Gasteiger partial charge in [0.05, 0.1) is 5.41 Å². The first-order valence-electron chi connectivity index (χ1n) is 9.44. The predicted molar refractivity (Wildman–Crippen MR) is 90.3 cm³/mol. The predicted octanol–water partition coefficient (Wildman–Crippen LogP) is 5.11. The van der Waals surface area contributed by atoms with Crippen LogP contribution < -0.4 is 0 Å². The van der Waals surface area contributed by atoms with E-state index in [-0.39, 0.29) is 5.41 Å². The third-order valence-corrected chi connectivity index (χ3v) is 8.53. The van der Waals surface area contributed by atoms with Gasteiger partial charge in [0, 0.05) is 5.92 Å². The average Bonchev–Trinajstić information content (AvgIpc) is 2.83. The molecule has 2 bridgehead atoms. The van der Waals surface area contributed by atoms with Gasteiger partial charge in [-0.05, 0) is 67.1 Å². The molecule has 0 aliphatic heterocycles. The molecule has 0 saturated heterocycles. The van der Waals surface area contributed by atoms with Crippen LogP contribution in [0.3, 0.4) is 0 Å². The first-order valence-corrected chi connectivity index (χ1v) is 9.44. The van der Waals surface area contributed by atoms with E-state index in [2.05, 4.69) is 47.6 Å². The van der Waals surface area contributed by atoms with Crippen molar-refractivity contribution in [2.45, 2.75) is 60.8 Å². The topological polar surface area (TPSA) is 17.1 Å². The van der Waals surface area contributed by atoms with Gasteiger partial charge < -0.3 is 0 Å². The Morgan fingerprint density at radius 3 is 2.50 bits per heavy atom. The van der Waals surface area contributed by atoms with E-state index in [9.17, 15) is 4.79 Å². The molecular formula is C21H32O. The molecule has 0 N–H and O–H groups in total. The monoisotopic (exact) mass is 300 g/mol. The molecule has 0 aromatic heterocycles. The molecule has 4 aliphatic carbocycles. The normalized spacial score (nSPS) is 55.6. The van der Waals surface area contributed by atoms with Crippen molar-refractivity contribution in [2.75, 3.05) is 0 Å². The van der Waals surface area contributed by atoms with E-state index >= 15 is 0 Å². The molecule has 4 rings (SSSR count). The summed E-state index contributed by atoms with van der Waals surface area (Å²) in [5.74, 6) is 4.72. The van der Waals surface area contributed by atoms with Crippen LogP contribution >= 0.6 is 0 Å². The van der Waals surface area contributed by atoms with E-state index in [0.29, 0.717) is 46.7 Å². The van der Waals surface area contributed by atoms with E-state index in [0.717, 1.165) is 5.92 Å². The number of carbonyl (C=O) groups is 1. The van der Waals surface area contributed by atoms with Crippen molar-refractivity contribution in [1.29, 1.82) is 0 Å². The van der Waals surface area contributed by atoms with Crippen molar-refractivity contribution >= 4 is 5.78 Å². The highest BCUT2D eigenvalue weighted by Gasteiger charge is 2.70. The lowest BCUT2D eigenvalue weighted by Crippen LogP contribution is -2.43. The fraction of sp³-hybridized carbons (Fsp3) is 0.857. The van der Waals surface area contributed by atoms with Crippen molar-refractivity contribution in [1.82, 2.24) is 0 Å². The summed E-state index contributed by atoms with van der Waals surface area (Å²) in [5, 5.41) is 0. The molecule has 22 heavy (non-hydrogen) atoms. The van der Waals surface area contributed by atoms with Gasteiger partial charge in [-0.15, -0.1) is 0 Å². The zero-order chi connectivity index (χ0) is 16.0. The molecule has 4 aliphatic rings. The van der Waals surface area contributed by atoms with Gasteiger partial charge in [0.1, 0.15) is 5.78 Å². The third-order valence-electron chi connectivity index (χ3n) is 8.53. The van der Waals surface area contributed by atoms with Crippen LogP contribution in [0.25, 0.3) is 0 Å². The molecule has 3 saturated carbocycles. The summed E-state index contributed by atoms with van der Waals surface area (Å²) in [6.45, 7) is 14.2. The van der Waals surface area contributed by atoms with E-state index in [4.69, 9.17) is 0 Å². The molecular weight excluding hydrogens is 268 g/mol. The maximum atomic E-state index is 13.8. The Kier molecular flexibility index (Phi) is 2.91. The fourth-order valence-corrected chi connectivity index (χ4v) is 7.04. The SMILES string of the molecule is CC1=C[C@]23C(=O)[C@@H]([C@H](C)[C@H](C)C[C@@H]2C1)[C@H]1[C@@H](C[C@H]3C)C1(C)C. The molecule has 0 amide bonds. The second kappa shape index (κ2) is 4.28. The van der Waals surface area contributed by atoms with Crippen LogP contribution in [0.5, 0.6) is 0 Å². The minimum atomic E-state index is -0.114. The Bertz CT molecular complexity index is 556. The number of ketones is 1. The van der Waals surface area contributed by atoms with Crippen molar-refractivity contribution in [3.8, 4) is 0 Å². The Morgan fingerprint density at radius 1 is 1.14 bits per heavy atom. The van der Waals surface area contributed by atoms with Crippen molar-refractivity contribution in [3.63, 3.8) is 0 Å². The largest absolute Gasteiger partial charge is 0.298 e. The third kappa shape index (κ3) is 1.59. The van der Waals surface area contributed by atoms with Crippen LogP contribution in [0, 0.1) is 52.3 Å². The summed E-state index contributed by atoms with van der Waals surface area (Å²) in [4.78, 5) is 13.8. The molecule has 3 fully saturated rings. The highest BCUT2D eigenvalue weighted by molar-refractivity contribution is 5.92. The van der Waals surface area contributed by atoms with Crippen molar-refractivity contribution in [3.05, 3.63) is 11.6 Å². The van der Waals surface area contributed by atoms with Gasteiger partial charge in [-0.2, -0.15) is 0 Å². The number of fused-ring (bicyclic) bond motifs is 3. The molecule has 1 nitrogen and oxygen atoms in total. The van der Waals surface area contributed by atoms with Gasteiger partial charge in [0.15, 0.2) is 0 Å². The molecule has 0 aromatic carbocycles. The van der Waals surface area contributed by atoms with E-state index in [1.165, 1.54) is 24.8 Å². The van der Waals surface area contributed by atoms with Crippen LogP contribution in [-0.2, 0) is 4.79 Å². The maximum Gasteiger partial charge on any atom is 0.147 e. The Labute approximate surface area is 135 Å². The minimum absolute atomic E-state index is 0.114. The molecule has 1 spiro atoms. The lowest BCUT2D eigenvalue weighted by molar-refractivity contribution is -0.136. The summed E-state index contributed by atoms with van der Waals surface area (Å²) >= 11 is 0. The lowest BCUT2D eigenvalue weighted by Gasteiger charge is -2.39. The van der Waals surface area contributed by atoms with Gasteiger partial charge in [-0.1, -0.05) is 46.3 Å². The molecule has 8 atom stereocenters. The molecule has 0 radical (unpaired) electrons. The zero-order valence-corrected chi connectivity index (χ0v) is 15.1. The van der Waals surface area contributed by atoms with Crippen LogP contribution in [0.15, 0.2) is 11.6 Å². The smallest absolute Gasteiger partial charge is 0.147 e. The Hall–Kier alpha value is -0.590. The van der Waals surface area contributed by atoms with Crippen molar-refractivity contribution < 1.29 is 4.79 Å². The van der Waals surface area contributed by atoms with Gasteiger partial charge >= 0.3 is 0 Å². The number of hydrogen-bond acceptors (Lipinski definition) is 1. The van der Waals surface area contributed by atoms with Gasteiger partial charge in [-0.3, -0.25) is 4.79 Å². The second-order valence-electron chi connectivity index (χ2n) is 9.88. The van der Waals surface area contributed by atoms with Crippen LogP contribution in [0.1, 0.15) is 60.8 Å². The zero-order valence-electron chi connectivity index (χ0n) is 15.1. The standard InChI is InChI=1S/C21H32O/c1-11-7-15-8-12(2)14(4)17-18-16(20(18,5)6)9-13(3)21(15,10-11)19(17)22/h10,12-18H,7-9H2,1-6H3/t12-,13-,14-,15+,16-,17+,18-,21-/m1/s1. The minimum Gasteiger partial charge on any atom is -0.298 e. The maximum absolute atomic E-state index is 13.8. The van der Waals surface area contributed by atoms with Gasteiger partial charge in [0.2, 0.25) is 0 Å². The lowest BCUT2D eigenvalue weighted by atomic mass is 9.63. The molecule has 0 heterocycles. The summed E-state index contributed by atoms with van der Waals surface area (Å²) < 4.78 is 0. The summed E-state index contributed by atoms with van der Waals surface area (Å²) in [7, 11) is 0. The number of rotatable bonds is 0. The molecule has 0 aromatic rings. The molecule has 1 heteroatoms. The highest BCUT2D eigenvalue weighted by atomic mass is 16.1. The number of carbonyl (C=O) groups excluding carboxylic acids is 1. The first-order chi connectivity index (χ1) is 10.2. The van der Waals surface area contributed by atoms with Crippen molar-refractivity contribution in [2.24, 2.45) is 52.3 Å². The highest BCUT2D eigenvalue weighted by Crippen LogP contribution is 2.72. The van der Waals surface area contributed by atoms with Crippen LogP contribution in [0.4, 0.5) is 0 Å². The second-order valence-corrected chi connectivity index (χ2v) is 9.88. The van der Waals surface area contributed by atoms with Gasteiger partial charge in [-0.25, -0.2) is 0 Å². The first kappa shape index (κ1) is 15.0. The fourth-order valence-electron chi connectivity index (χ4n) is 7.04. The van der Waals surface area contributed by atoms with E-state index in [1.807, 2.05) is 0 Å². The van der Waals surface area contributed by atoms with E-state index < -0.39 is 0 Å². The average molecular weight is 300 g/mol. The van der Waals surface area contributed by atoms with Crippen LogP contribution in [-0.4, -0.2) is 5.78 Å². The Morgan fingerprint density at radius 2 is 1.82 bits per heavy atom. The summed E-state index contributed by atoms with van der Waals surface area (Å²) in [6.07, 6.45) is 6.11. The molecule has 122 valence electrons. The van der Waals surface area contributed by atoms with Crippen LogP contribution in [0.2, 0.25) is 0 Å². The number of hydrogen-bond donors (Lipinski definition) is 0. The number of allylic oxidation sites excluding steroid dienone is 2. The molecule has 0 unspecified atom stereocenters. The van der Waals surface area contributed by atoms with E-state index in [1.54, 1.807) is 0 Å². The Balaban J connectivity index is 1.88. The quantitative estimate of drug-likeness (QED) is 0.568. The van der Waals surface area contributed by atoms with Gasteiger partial charge in [0.25, 0.3) is 0 Å². The summed E-state index contributed by atoms with van der Waals surface area (Å²) in [6, 6.07) is 0. The summed E-state index contributed by atoms with van der Waals surface area (Å²) in [5.41, 5.74) is 1.75. The number of Topliss-reactive ketones (excluding diaryl/α,β-unsaturated/α-hetero) is 1.